The zero-order valence-corrected chi connectivity index (χ0v) is 11.4. The van der Waals surface area contributed by atoms with Crippen LogP contribution in [0.5, 0.6) is 0 Å². The normalized spacial score (nSPS) is 16.5. The van der Waals surface area contributed by atoms with Gasteiger partial charge in [0.15, 0.2) is 0 Å². The number of nitrogens with two attached hydrogens (primary N) is 1. The van der Waals surface area contributed by atoms with Crippen molar-refractivity contribution in [3.05, 3.63) is 30.6 Å². The van der Waals surface area contributed by atoms with Crippen molar-refractivity contribution >= 4 is 22.1 Å². The van der Waals surface area contributed by atoms with Gasteiger partial charge >= 0.3 is 0 Å². The molecule has 3 nitrogen and oxygen atoms in total. The molecule has 1 saturated carbocycles. The van der Waals surface area contributed by atoms with Gasteiger partial charge in [0.25, 0.3) is 0 Å². The highest BCUT2D eigenvalue weighted by atomic mass is 14.9. The first-order valence-electron chi connectivity index (χ1n) is 7.10. The van der Waals surface area contributed by atoms with E-state index in [9.17, 15) is 0 Å². The molecule has 1 aromatic heterocycles. The van der Waals surface area contributed by atoms with Crippen molar-refractivity contribution in [2.45, 2.75) is 32.6 Å². The van der Waals surface area contributed by atoms with Crippen molar-refractivity contribution in [3.8, 4) is 0 Å². The standard InChI is InChI=1S/C16H21N3/c1-2-6-16(7-8-16)11-19-14-4-3-12-10-18-9-5-13(12)15(14)17/h3-5,9-10,19H,2,6-8,11,17H2,1H3. The van der Waals surface area contributed by atoms with E-state index >= 15 is 0 Å². The van der Waals surface area contributed by atoms with Gasteiger partial charge in [-0.3, -0.25) is 4.98 Å². The highest BCUT2D eigenvalue weighted by Gasteiger charge is 2.41. The molecule has 0 amide bonds. The zero-order valence-electron chi connectivity index (χ0n) is 11.4. The Morgan fingerprint density at radius 3 is 2.89 bits per heavy atom. The lowest BCUT2D eigenvalue weighted by Gasteiger charge is -2.17. The minimum absolute atomic E-state index is 0.536. The van der Waals surface area contributed by atoms with Crippen LogP contribution in [0.15, 0.2) is 30.6 Å². The van der Waals surface area contributed by atoms with E-state index < -0.39 is 0 Å². The Kier molecular flexibility index (Phi) is 3.05. The number of fused-ring (bicyclic) bond motifs is 1. The van der Waals surface area contributed by atoms with Crippen LogP contribution < -0.4 is 11.1 Å². The highest BCUT2D eigenvalue weighted by molar-refractivity contribution is 5.98. The van der Waals surface area contributed by atoms with E-state index in [0.29, 0.717) is 5.41 Å². The number of hydrogen-bond acceptors (Lipinski definition) is 3. The van der Waals surface area contributed by atoms with Crippen LogP contribution >= 0.6 is 0 Å². The maximum atomic E-state index is 6.25. The maximum Gasteiger partial charge on any atom is 0.0630 e. The van der Waals surface area contributed by atoms with E-state index in [2.05, 4.69) is 29.4 Å². The van der Waals surface area contributed by atoms with Crippen LogP contribution in [-0.4, -0.2) is 11.5 Å². The summed E-state index contributed by atoms with van der Waals surface area (Å²) >= 11 is 0. The van der Waals surface area contributed by atoms with E-state index in [1.165, 1.54) is 25.7 Å². The lowest BCUT2D eigenvalue weighted by atomic mass is 10.0. The van der Waals surface area contributed by atoms with Crippen molar-refractivity contribution in [2.75, 3.05) is 17.6 Å². The summed E-state index contributed by atoms with van der Waals surface area (Å²) in [7, 11) is 0. The van der Waals surface area contributed by atoms with E-state index in [0.717, 1.165) is 28.7 Å². The summed E-state index contributed by atoms with van der Waals surface area (Å²) in [6.45, 7) is 3.30. The molecule has 1 aromatic carbocycles. The smallest absolute Gasteiger partial charge is 0.0630 e. The van der Waals surface area contributed by atoms with E-state index in [1.807, 2.05) is 12.3 Å². The van der Waals surface area contributed by atoms with Gasteiger partial charge < -0.3 is 11.1 Å². The highest BCUT2D eigenvalue weighted by Crippen LogP contribution is 2.49. The van der Waals surface area contributed by atoms with Gasteiger partial charge in [0.1, 0.15) is 0 Å². The topological polar surface area (TPSA) is 50.9 Å². The second kappa shape index (κ2) is 4.72. The first-order valence-corrected chi connectivity index (χ1v) is 7.10. The molecule has 1 aliphatic carbocycles. The Morgan fingerprint density at radius 2 is 2.16 bits per heavy atom. The van der Waals surface area contributed by atoms with Crippen LogP contribution in [0.2, 0.25) is 0 Å². The first-order chi connectivity index (χ1) is 9.24. The number of nitrogens with one attached hydrogen (secondary N) is 1. The SMILES string of the molecule is CCCC1(CNc2ccc3cnccc3c2N)CC1. The van der Waals surface area contributed by atoms with Crippen LogP contribution in [-0.2, 0) is 0 Å². The molecule has 0 bridgehead atoms. The molecular formula is C16H21N3. The number of rotatable bonds is 5. The Hall–Kier alpha value is -1.77. The van der Waals surface area contributed by atoms with Crippen molar-refractivity contribution in [1.29, 1.82) is 0 Å². The fraction of sp³-hybridized carbons (Fsp3) is 0.438. The van der Waals surface area contributed by atoms with Crippen LogP contribution in [0.3, 0.4) is 0 Å². The fourth-order valence-electron chi connectivity index (χ4n) is 2.85. The molecule has 19 heavy (non-hydrogen) atoms. The monoisotopic (exact) mass is 255 g/mol. The second-order valence-corrected chi connectivity index (χ2v) is 5.73. The lowest BCUT2D eigenvalue weighted by Crippen LogP contribution is -2.16. The quantitative estimate of drug-likeness (QED) is 0.799. The Morgan fingerprint density at radius 1 is 1.32 bits per heavy atom. The Labute approximate surface area is 114 Å². The van der Waals surface area contributed by atoms with Gasteiger partial charge in [-0.2, -0.15) is 0 Å². The first kappa shape index (κ1) is 12.3. The third kappa shape index (κ3) is 2.37. The van der Waals surface area contributed by atoms with Crippen LogP contribution in [0.25, 0.3) is 10.8 Å². The molecule has 3 N–H and O–H groups in total. The number of anilines is 2. The van der Waals surface area contributed by atoms with Crippen molar-refractivity contribution in [3.63, 3.8) is 0 Å². The molecule has 3 heteroatoms. The van der Waals surface area contributed by atoms with Crippen LogP contribution in [0.1, 0.15) is 32.6 Å². The Bertz CT molecular complexity index is 588. The molecule has 1 aliphatic rings. The molecule has 0 saturated heterocycles. The molecule has 0 atom stereocenters. The molecule has 1 heterocycles. The number of nitrogen functional groups attached to an aromatic ring is 1. The second-order valence-electron chi connectivity index (χ2n) is 5.73. The molecule has 0 spiro atoms. The minimum atomic E-state index is 0.536. The van der Waals surface area contributed by atoms with Crippen LogP contribution in [0, 0.1) is 5.41 Å². The summed E-state index contributed by atoms with van der Waals surface area (Å²) in [6, 6.07) is 6.14. The van der Waals surface area contributed by atoms with Gasteiger partial charge in [-0.25, -0.2) is 0 Å². The van der Waals surface area contributed by atoms with Crippen molar-refractivity contribution in [2.24, 2.45) is 5.41 Å². The molecule has 3 rings (SSSR count). The fourth-order valence-corrected chi connectivity index (χ4v) is 2.85. The molecule has 2 aromatic rings. The Balaban J connectivity index is 1.80. The van der Waals surface area contributed by atoms with Crippen molar-refractivity contribution in [1.82, 2.24) is 4.98 Å². The summed E-state index contributed by atoms with van der Waals surface area (Å²) in [5.41, 5.74) is 8.69. The van der Waals surface area contributed by atoms with Crippen molar-refractivity contribution < 1.29 is 0 Å². The van der Waals surface area contributed by atoms with E-state index in [-0.39, 0.29) is 0 Å². The number of aromatic nitrogens is 1. The number of nitrogens with zero attached hydrogens (tertiary/aromatic N) is 1. The molecular weight excluding hydrogens is 234 g/mol. The van der Waals surface area contributed by atoms with E-state index in [4.69, 9.17) is 5.73 Å². The van der Waals surface area contributed by atoms with E-state index in [1.54, 1.807) is 6.20 Å². The minimum Gasteiger partial charge on any atom is -0.397 e. The third-order valence-corrected chi connectivity index (χ3v) is 4.25. The summed E-state index contributed by atoms with van der Waals surface area (Å²) < 4.78 is 0. The molecule has 0 unspecified atom stereocenters. The summed E-state index contributed by atoms with van der Waals surface area (Å²) in [4.78, 5) is 4.13. The number of hydrogen-bond donors (Lipinski definition) is 2. The molecule has 0 aliphatic heterocycles. The van der Waals surface area contributed by atoms with Gasteiger partial charge in [-0.05, 0) is 36.8 Å². The molecule has 0 radical (unpaired) electrons. The third-order valence-electron chi connectivity index (χ3n) is 4.25. The van der Waals surface area contributed by atoms with Gasteiger partial charge in [0.05, 0.1) is 11.4 Å². The molecule has 1 fully saturated rings. The molecule has 100 valence electrons. The number of benzene rings is 1. The predicted molar refractivity (Wildman–Crippen MR) is 81.2 cm³/mol. The summed E-state index contributed by atoms with van der Waals surface area (Å²) in [5.74, 6) is 0. The largest absolute Gasteiger partial charge is 0.397 e. The predicted octanol–water partition coefficient (Wildman–Crippen LogP) is 3.81. The maximum absolute atomic E-state index is 6.25. The van der Waals surface area contributed by atoms with Crippen LogP contribution in [0.4, 0.5) is 11.4 Å². The lowest BCUT2D eigenvalue weighted by molar-refractivity contribution is 0.486. The van der Waals surface area contributed by atoms with Gasteiger partial charge in [-0.15, -0.1) is 0 Å². The number of pyridine rings is 1. The van der Waals surface area contributed by atoms with Gasteiger partial charge in [-0.1, -0.05) is 19.4 Å². The average Bonchev–Trinajstić information content (AvgIpc) is 3.19. The zero-order chi connectivity index (χ0) is 13.3. The van der Waals surface area contributed by atoms with Gasteiger partial charge in [0, 0.05) is 29.7 Å². The average molecular weight is 255 g/mol. The summed E-state index contributed by atoms with van der Waals surface area (Å²) in [5, 5.41) is 5.73. The van der Waals surface area contributed by atoms with Gasteiger partial charge in [0.2, 0.25) is 0 Å². The summed E-state index contributed by atoms with van der Waals surface area (Å²) in [6.07, 6.45) is 8.94.